The number of amides is 1. The fourth-order valence-corrected chi connectivity index (χ4v) is 3.75. The van der Waals surface area contributed by atoms with E-state index in [9.17, 15) is 4.79 Å². The monoisotopic (exact) mass is 336 g/mol. The Kier molecular flexibility index (Phi) is 3.96. The first-order valence-corrected chi connectivity index (χ1v) is 8.90. The molecule has 1 amide bonds. The third kappa shape index (κ3) is 2.89. The van der Waals surface area contributed by atoms with Gasteiger partial charge in [-0.05, 0) is 70.1 Å². The van der Waals surface area contributed by atoms with E-state index < -0.39 is 0 Å². The summed E-state index contributed by atoms with van der Waals surface area (Å²) in [7, 11) is 2.13. The summed E-state index contributed by atoms with van der Waals surface area (Å²) in [6.45, 7) is 6.13. The van der Waals surface area contributed by atoms with Crippen LogP contribution in [0.1, 0.15) is 34.3 Å². The first kappa shape index (κ1) is 16.1. The van der Waals surface area contributed by atoms with Crippen LogP contribution in [0.25, 0.3) is 21.9 Å². The van der Waals surface area contributed by atoms with Crippen molar-refractivity contribution in [1.82, 2.24) is 20.2 Å². The Balaban J connectivity index is 1.67. The summed E-state index contributed by atoms with van der Waals surface area (Å²) in [5.74, 6) is 0.0248. The van der Waals surface area contributed by atoms with Crippen LogP contribution in [0.2, 0.25) is 0 Å². The molecule has 3 aromatic rings. The lowest BCUT2D eigenvalue weighted by atomic mass is 10.0. The SMILES string of the molecule is Cc1cnc2[nH]c3c(C)c(C(=O)NC4CCN(C)CC4)ccc3c2c1. The molecule has 4 rings (SSSR count). The molecule has 3 heterocycles. The van der Waals surface area contributed by atoms with E-state index >= 15 is 0 Å². The third-order valence-corrected chi connectivity index (χ3v) is 5.32. The maximum Gasteiger partial charge on any atom is 0.251 e. The number of hydrogen-bond acceptors (Lipinski definition) is 3. The van der Waals surface area contributed by atoms with Gasteiger partial charge in [0.05, 0.1) is 5.52 Å². The fourth-order valence-electron chi connectivity index (χ4n) is 3.75. The van der Waals surface area contributed by atoms with Crippen molar-refractivity contribution >= 4 is 27.8 Å². The van der Waals surface area contributed by atoms with Crippen LogP contribution in [0.3, 0.4) is 0 Å². The van der Waals surface area contributed by atoms with Crippen molar-refractivity contribution in [1.29, 1.82) is 0 Å². The number of aryl methyl sites for hydroxylation is 2. The normalized spacial score (nSPS) is 16.6. The maximum atomic E-state index is 12.8. The number of rotatable bonds is 2. The van der Waals surface area contributed by atoms with Gasteiger partial charge in [0.25, 0.3) is 5.91 Å². The van der Waals surface area contributed by atoms with Gasteiger partial charge in [-0.3, -0.25) is 4.79 Å². The molecule has 1 saturated heterocycles. The molecule has 0 unspecified atom stereocenters. The van der Waals surface area contributed by atoms with Crippen molar-refractivity contribution in [2.45, 2.75) is 32.7 Å². The lowest BCUT2D eigenvalue weighted by molar-refractivity contribution is 0.0916. The number of nitrogens with zero attached hydrogens (tertiary/aromatic N) is 2. The van der Waals surface area contributed by atoms with E-state index in [-0.39, 0.29) is 11.9 Å². The lowest BCUT2D eigenvalue weighted by Gasteiger charge is -2.29. The molecular formula is C20H24N4O. The van der Waals surface area contributed by atoms with Crippen molar-refractivity contribution in [3.05, 3.63) is 41.1 Å². The Labute approximate surface area is 147 Å². The van der Waals surface area contributed by atoms with Gasteiger partial charge in [-0.15, -0.1) is 0 Å². The molecule has 0 spiro atoms. The molecule has 0 aliphatic carbocycles. The zero-order chi connectivity index (χ0) is 17.6. The molecule has 1 aliphatic rings. The van der Waals surface area contributed by atoms with E-state index in [1.54, 1.807) is 0 Å². The zero-order valence-electron chi connectivity index (χ0n) is 15.0. The predicted molar refractivity (Wildman–Crippen MR) is 101 cm³/mol. The second kappa shape index (κ2) is 6.15. The molecule has 25 heavy (non-hydrogen) atoms. The number of carbonyl (C=O) groups excluding carboxylic acids is 1. The average Bonchev–Trinajstić information content (AvgIpc) is 2.96. The molecule has 0 saturated carbocycles. The topological polar surface area (TPSA) is 61.0 Å². The molecule has 1 fully saturated rings. The van der Waals surface area contributed by atoms with Crippen molar-refractivity contribution in [3.63, 3.8) is 0 Å². The van der Waals surface area contributed by atoms with Crippen molar-refractivity contribution in [2.75, 3.05) is 20.1 Å². The number of aromatic nitrogens is 2. The first-order valence-electron chi connectivity index (χ1n) is 8.90. The molecule has 1 aromatic carbocycles. The second-order valence-electron chi connectivity index (χ2n) is 7.25. The van der Waals surface area contributed by atoms with E-state index in [0.29, 0.717) is 0 Å². The summed E-state index contributed by atoms with van der Waals surface area (Å²) in [6, 6.07) is 6.38. The first-order chi connectivity index (χ1) is 12.0. The van der Waals surface area contributed by atoms with Crippen molar-refractivity contribution < 1.29 is 4.79 Å². The van der Waals surface area contributed by atoms with Gasteiger partial charge in [0.2, 0.25) is 0 Å². The van der Waals surface area contributed by atoms with Gasteiger partial charge in [0, 0.05) is 28.6 Å². The molecule has 0 bridgehead atoms. The van der Waals surface area contributed by atoms with Crippen LogP contribution in [-0.2, 0) is 0 Å². The molecule has 0 radical (unpaired) electrons. The quantitative estimate of drug-likeness (QED) is 0.756. The van der Waals surface area contributed by atoms with E-state index in [0.717, 1.165) is 64.6 Å². The second-order valence-corrected chi connectivity index (χ2v) is 7.25. The maximum absolute atomic E-state index is 12.8. The highest BCUT2D eigenvalue weighted by molar-refractivity contribution is 6.10. The van der Waals surface area contributed by atoms with Crippen LogP contribution in [0.15, 0.2) is 24.4 Å². The van der Waals surface area contributed by atoms with E-state index in [4.69, 9.17) is 0 Å². The molecule has 130 valence electrons. The molecule has 5 nitrogen and oxygen atoms in total. The summed E-state index contributed by atoms with van der Waals surface area (Å²) < 4.78 is 0. The Morgan fingerprint density at radius 1 is 1.24 bits per heavy atom. The third-order valence-electron chi connectivity index (χ3n) is 5.32. The lowest BCUT2D eigenvalue weighted by Crippen LogP contribution is -2.43. The summed E-state index contributed by atoms with van der Waals surface area (Å²) in [4.78, 5) is 22.9. The minimum Gasteiger partial charge on any atom is -0.349 e. The molecule has 2 aromatic heterocycles. The van der Waals surface area contributed by atoms with Crippen LogP contribution < -0.4 is 5.32 Å². The fraction of sp³-hybridized carbons (Fsp3) is 0.400. The summed E-state index contributed by atoms with van der Waals surface area (Å²) in [5, 5.41) is 5.45. The van der Waals surface area contributed by atoms with Gasteiger partial charge in [-0.25, -0.2) is 4.98 Å². The van der Waals surface area contributed by atoms with Crippen LogP contribution in [0.4, 0.5) is 0 Å². The number of piperidine rings is 1. The highest BCUT2D eigenvalue weighted by atomic mass is 16.1. The Morgan fingerprint density at radius 2 is 2.00 bits per heavy atom. The minimum absolute atomic E-state index is 0.0248. The highest BCUT2D eigenvalue weighted by Crippen LogP contribution is 2.29. The van der Waals surface area contributed by atoms with Crippen LogP contribution >= 0.6 is 0 Å². The number of H-pyrrole nitrogens is 1. The highest BCUT2D eigenvalue weighted by Gasteiger charge is 2.21. The van der Waals surface area contributed by atoms with Crippen molar-refractivity contribution in [3.8, 4) is 0 Å². The number of hydrogen-bond donors (Lipinski definition) is 2. The summed E-state index contributed by atoms with van der Waals surface area (Å²) >= 11 is 0. The standard InChI is InChI=1S/C20H24N4O/c1-12-10-17-16-5-4-15(13(2)18(16)23-19(17)21-11-12)20(25)22-14-6-8-24(3)9-7-14/h4-5,10-11,14H,6-9H2,1-3H3,(H,21,23)(H,22,25). The molecule has 2 N–H and O–H groups in total. The molecule has 0 atom stereocenters. The summed E-state index contributed by atoms with van der Waals surface area (Å²) in [5.41, 5.74) is 4.74. The number of nitrogens with one attached hydrogen (secondary N) is 2. The Hall–Kier alpha value is -2.40. The van der Waals surface area contributed by atoms with Crippen LogP contribution in [0, 0.1) is 13.8 Å². The molecule has 1 aliphatic heterocycles. The average molecular weight is 336 g/mol. The van der Waals surface area contributed by atoms with E-state index in [1.165, 1.54) is 0 Å². The van der Waals surface area contributed by atoms with Crippen LogP contribution in [-0.4, -0.2) is 47.0 Å². The number of carbonyl (C=O) groups is 1. The molecular weight excluding hydrogens is 312 g/mol. The minimum atomic E-state index is 0.0248. The smallest absolute Gasteiger partial charge is 0.251 e. The van der Waals surface area contributed by atoms with E-state index in [1.807, 2.05) is 32.2 Å². The van der Waals surface area contributed by atoms with Crippen molar-refractivity contribution in [2.24, 2.45) is 0 Å². The van der Waals surface area contributed by atoms with Gasteiger partial charge in [0.1, 0.15) is 5.65 Å². The van der Waals surface area contributed by atoms with Gasteiger partial charge in [-0.1, -0.05) is 6.07 Å². The van der Waals surface area contributed by atoms with Gasteiger partial charge in [0.15, 0.2) is 0 Å². The predicted octanol–water partition coefficient (Wildman–Crippen LogP) is 3.16. The number of pyridine rings is 1. The molecule has 5 heteroatoms. The Bertz CT molecular complexity index is 951. The van der Waals surface area contributed by atoms with Gasteiger partial charge < -0.3 is 15.2 Å². The van der Waals surface area contributed by atoms with E-state index in [2.05, 4.69) is 33.3 Å². The summed E-state index contributed by atoms with van der Waals surface area (Å²) in [6.07, 6.45) is 3.89. The number of aromatic amines is 1. The van der Waals surface area contributed by atoms with Crippen LogP contribution in [0.5, 0.6) is 0 Å². The zero-order valence-corrected chi connectivity index (χ0v) is 15.0. The number of fused-ring (bicyclic) bond motifs is 3. The largest absolute Gasteiger partial charge is 0.349 e. The van der Waals surface area contributed by atoms with Gasteiger partial charge >= 0.3 is 0 Å². The van der Waals surface area contributed by atoms with Gasteiger partial charge in [-0.2, -0.15) is 0 Å². The number of likely N-dealkylation sites (tertiary alicyclic amines) is 1. The number of benzene rings is 1. The Morgan fingerprint density at radius 3 is 2.76 bits per heavy atom.